The van der Waals surface area contributed by atoms with Crippen LogP contribution in [0.15, 0.2) is 217 Å². The van der Waals surface area contributed by atoms with Crippen LogP contribution in [-0.4, -0.2) is 0 Å². The van der Waals surface area contributed by atoms with E-state index in [1.54, 1.807) is 0 Å². The Bertz CT molecular complexity index is 4090. The highest BCUT2D eigenvalue weighted by Gasteiger charge is 2.26. The Morgan fingerprint density at radius 1 is 0.348 bits per heavy atom. The molecule has 13 aromatic rings. The number of allylic oxidation sites excluding steroid dienone is 1. The van der Waals surface area contributed by atoms with Gasteiger partial charge in [-0.1, -0.05) is 182 Å². The van der Waals surface area contributed by atoms with E-state index in [1.807, 2.05) is 11.3 Å². The molecule has 0 saturated heterocycles. The van der Waals surface area contributed by atoms with Gasteiger partial charge in [-0.3, -0.25) is 0 Å². The van der Waals surface area contributed by atoms with E-state index in [2.05, 4.69) is 218 Å². The van der Waals surface area contributed by atoms with E-state index in [4.69, 9.17) is 4.42 Å². The van der Waals surface area contributed by atoms with Crippen molar-refractivity contribution in [3.05, 3.63) is 223 Å². The van der Waals surface area contributed by atoms with Crippen LogP contribution >= 0.6 is 11.3 Å². The number of thiophene rings is 1. The maximum absolute atomic E-state index is 6.47. The summed E-state index contributed by atoms with van der Waals surface area (Å²) in [4.78, 5) is 0. The zero-order valence-corrected chi connectivity index (χ0v) is 36.8. The van der Waals surface area contributed by atoms with Gasteiger partial charge < -0.3 is 4.42 Å². The highest BCUT2D eigenvalue weighted by molar-refractivity contribution is 7.26. The maximum Gasteiger partial charge on any atom is 0.135 e. The Hall–Kier alpha value is -8.04. The summed E-state index contributed by atoms with van der Waals surface area (Å²) in [5, 5.41) is 12.5. The summed E-state index contributed by atoms with van der Waals surface area (Å²) in [6.07, 6.45) is 6.84. The summed E-state index contributed by atoms with van der Waals surface area (Å²) < 4.78 is 9.08. The monoisotopic (exact) mass is 856 g/mol. The van der Waals surface area contributed by atoms with Gasteiger partial charge in [0.25, 0.3) is 0 Å². The van der Waals surface area contributed by atoms with Crippen LogP contribution in [0.3, 0.4) is 0 Å². The van der Waals surface area contributed by atoms with Crippen molar-refractivity contribution in [2.45, 2.75) is 12.8 Å². The number of furan rings is 1. The van der Waals surface area contributed by atoms with Crippen molar-refractivity contribution in [2.24, 2.45) is 0 Å². The molecule has 0 spiro atoms. The van der Waals surface area contributed by atoms with Crippen LogP contribution in [0.5, 0.6) is 0 Å². The minimum absolute atomic E-state index is 0.898. The van der Waals surface area contributed by atoms with Gasteiger partial charge in [0, 0.05) is 30.9 Å². The van der Waals surface area contributed by atoms with Crippen molar-refractivity contribution in [1.82, 2.24) is 0 Å². The predicted octanol–water partition coefficient (Wildman–Crippen LogP) is 18.7. The van der Waals surface area contributed by atoms with Gasteiger partial charge >= 0.3 is 0 Å². The van der Waals surface area contributed by atoms with Crippen LogP contribution in [0.2, 0.25) is 0 Å². The summed E-state index contributed by atoms with van der Waals surface area (Å²) in [7, 11) is 0. The topological polar surface area (TPSA) is 13.1 Å². The Morgan fingerprint density at radius 3 is 1.44 bits per heavy atom. The zero-order chi connectivity index (χ0) is 43.3. The first kappa shape index (κ1) is 37.3. The standard InChI is InChI=1S/C64H40OS/c1-3-17-39(18-4-1)41-33-35-55-53(37-41)54-38-42(34-36-56(54)65-55)60-45-23-9-13-27-49(45)62(50-28-14-10-24-46(50)60)52-30-16-32-58-64(52)63-51(29-15-31-57(63)66-58)61-47-25-11-7-21-43(47)59(40-19-5-2-6-20-40)44-22-8-12-26-48(44)61/h1-7,9-21,23-38H,8,22H2. The minimum atomic E-state index is 0.898. The van der Waals surface area contributed by atoms with Crippen LogP contribution in [0, 0.1) is 0 Å². The highest BCUT2D eigenvalue weighted by Crippen LogP contribution is 2.52. The highest BCUT2D eigenvalue weighted by atomic mass is 32.1. The number of rotatable bonds is 5. The second-order valence-electron chi connectivity index (χ2n) is 17.7. The van der Waals surface area contributed by atoms with Gasteiger partial charge in [-0.05, 0) is 148 Å². The van der Waals surface area contributed by atoms with Crippen LogP contribution < -0.4 is 0 Å². The Morgan fingerprint density at radius 2 is 0.833 bits per heavy atom. The van der Waals surface area contributed by atoms with Crippen molar-refractivity contribution in [1.29, 1.82) is 0 Å². The van der Waals surface area contributed by atoms with Crippen molar-refractivity contribution < 1.29 is 4.42 Å². The fourth-order valence-electron chi connectivity index (χ4n) is 11.4. The number of fused-ring (bicyclic) bond motifs is 10. The lowest BCUT2D eigenvalue weighted by molar-refractivity contribution is 0.669. The van der Waals surface area contributed by atoms with Crippen LogP contribution in [0.4, 0.5) is 0 Å². The van der Waals surface area contributed by atoms with Crippen molar-refractivity contribution in [3.8, 4) is 55.6 Å². The summed E-state index contributed by atoms with van der Waals surface area (Å²) in [6.45, 7) is 0. The SMILES string of the molecule is C1=Cc2c(c(-c3ccccc3)c3ccccc3c2-c2cccc3sc4cccc(-c5c6ccccc6c(-c6ccc7oc8ccc(-c9ccccc9)cc8c7c6)c6ccccc56)c4c23)CC1. The second kappa shape index (κ2) is 14.8. The molecule has 0 aliphatic heterocycles. The number of benzene rings is 11. The maximum atomic E-state index is 6.47. The molecule has 0 amide bonds. The smallest absolute Gasteiger partial charge is 0.135 e. The molecule has 66 heavy (non-hydrogen) atoms. The van der Waals surface area contributed by atoms with Crippen LogP contribution in [0.25, 0.3) is 136 Å². The predicted molar refractivity (Wildman–Crippen MR) is 284 cm³/mol. The van der Waals surface area contributed by atoms with Crippen molar-refractivity contribution in [3.63, 3.8) is 0 Å². The molecule has 0 radical (unpaired) electrons. The molecule has 1 aliphatic carbocycles. The zero-order valence-electron chi connectivity index (χ0n) is 36.0. The molecular weight excluding hydrogens is 817 g/mol. The molecule has 14 rings (SSSR count). The summed E-state index contributed by atoms with van der Waals surface area (Å²) >= 11 is 1.91. The molecule has 0 bridgehead atoms. The van der Waals surface area contributed by atoms with E-state index in [-0.39, 0.29) is 0 Å². The van der Waals surface area contributed by atoms with Gasteiger partial charge in [-0.25, -0.2) is 0 Å². The molecule has 0 fully saturated rings. The lowest BCUT2D eigenvalue weighted by Gasteiger charge is -2.24. The molecule has 0 saturated carbocycles. The lowest BCUT2D eigenvalue weighted by atomic mass is 9.79. The largest absolute Gasteiger partial charge is 0.456 e. The molecule has 308 valence electrons. The summed E-state index contributed by atoms with van der Waals surface area (Å²) in [6, 6.07) is 76.1. The van der Waals surface area contributed by atoms with Gasteiger partial charge in [-0.15, -0.1) is 11.3 Å². The van der Waals surface area contributed by atoms with Gasteiger partial charge in [0.1, 0.15) is 11.2 Å². The average molecular weight is 857 g/mol. The number of hydrogen-bond donors (Lipinski definition) is 0. The first-order valence-electron chi connectivity index (χ1n) is 23.0. The van der Waals surface area contributed by atoms with Gasteiger partial charge in [0.05, 0.1) is 0 Å². The molecule has 2 aromatic heterocycles. The van der Waals surface area contributed by atoms with Crippen molar-refractivity contribution >= 4 is 91.8 Å². The second-order valence-corrected chi connectivity index (χ2v) is 18.8. The fraction of sp³-hybridized carbons (Fsp3) is 0.0312. The summed E-state index contributed by atoms with van der Waals surface area (Å²) in [5.74, 6) is 0. The Labute approximate surface area is 386 Å². The van der Waals surface area contributed by atoms with E-state index in [0.29, 0.717) is 0 Å². The molecule has 11 aromatic carbocycles. The molecule has 2 heteroatoms. The third-order valence-corrected chi connectivity index (χ3v) is 15.2. The van der Waals surface area contributed by atoms with E-state index < -0.39 is 0 Å². The molecule has 0 unspecified atom stereocenters. The third kappa shape index (κ3) is 5.59. The Kier molecular flexibility index (Phi) is 8.35. The normalized spacial score (nSPS) is 12.7. The molecule has 1 nitrogen and oxygen atoms in total. The quantitative estimate of drug-likeness (QED) is 0.157. The minimum Gasteiger partial charge on any atom is -0.456 e. The van der Waals surface area contributed by atoms with E-state index >= 15 is 0 Å². The van der Waals surface area contributed by atoms with E-state index in [9.17, 15) is 0 Å². The molecule has 2 heterocycles. The first-order valence-corrected chi connectivity index (χ1v) is 23.8. The van der Waals surface area contributed by atoms with Gasteiger partial charge in [0.15, 0.2) is 0 Å². The van der Waals surface area contributed by atoms with E-state index in [0.717, 1.165) is 34.8 Å². The molecule has 0 atom stereocenters. The van der Waals surface area contributed by atoms with Gasteiger partial charge in [-0.2, -0.15) is 0 Å². The third-order valence-electron chi connectivity index (χ3n) is 14.1. The van der Waals surface area contributed by atoms with Crippen LogP contribution in [-0.2, 0) is 6.42 Å². The molecular formula is C64H40OS. The first-order chi connectivity index (χ1) is 32.8. The molecule has 0 N–H and O–H groups in total. The van der Waals surface area contributed by atoms with Crippen molar-refractivity contribution in [2.75, 3.05) is 0 Å². The van der Waals surface area contributed by atoms with Gasteiger partial charge in [0.2, 0.25) is 0 Å². The molecule has 1 aliphatic rings. The Balaban J connectivity index is 1.04. The summed E-state index contributed by atoms with van der Waals surface area (Å²) in [5.41, 5.74) is 17.2. The average Bonchev–Trinajstić information content (AvgIpc) is 3.96. The fourth-order valence-corrected chi connectivity index (χ4v) is 12.5. The van der Waals surface area contributed by atoms with Crippen LogP contribution in [0.1, 0.15) is 17.5 Å². The lowest BCUT2D eigenvalue weighted by Crippen LogP contribution is -2.02. The van der Waals surface area contributed by atoms with E-state index in [1.165, 1.54) is 119 Å². The number of hydrogen-bond acceptors (Lipinski definition) is 2.